The van der Waals surface area contributed by atoms with Crippen molar-refractivity contribution in [3.63, 3.8) is 0 Å². The number of nitrogens with zero attached hydrogens (tertiary/aromatic N) is 3. The molecule has 0 bridgehead atoms. The quantitative estimate of drug-likeness (QED) is 0.357. The van der Waals surface area contributed by atoms with Gasteiger partial charge in [0.15, 0.2) is 0 Å². The van der Waals surface area contributed by atoms with Gasteiger partial charge in [-0.1, -0.05) is 24.6 Å². The maximum Gasteiger partial charge on any atom is 0.573 e. The number of benzene rings is 2. The van der Waals surface area contributed by atoms with E-state index in [9.17, 15) is 17.4 Å². The van der Waals surface area contributed by atoms with Crippen molar-refractivity contribution in [1.29, 1.82) is 0 Å². The predicted octanol–water partition coefficient (Wildman–Crippen LogP) is 6.34. The molecule has 0 spiro atoms. The molecule has 0 saturated heterocycles. The summed E-state index contributed by atoms with van der Waals surface area (Å²) >= 11 is 6.35. The summed E-state index contributed by atoms with van der Waals surface area (Å²) in [5.74, 6) is -0.281. The Labute approximate surface area is 179 Å². The Kier molecular flexibility index (Phi) is 7.76. The third-order valence-electron chi connectivity index (χ3n) is 4.18. The highest BCUT2D eigenvalue weighted by atomic mass is 35.5. The Morgan fingerprint density at radius 3 is 2.53 bits per heavy atom. The van der Waals surface area contributed by atoms with Gasteiger partial charge < -0.3 is 9.64 Å². The van der Waals surface area contributed by atoms with Gasteiger partial charge in [0.25, 0.3) is 0 Å². The first-order valence-corrected chi connectivity index (χ1v) is 11.2. The largest absolute Gasteiger partial charge is 0.573 e. The van der Waals surface area contributed by atoms with Gasteiger partial charge in [0.05, 0.1) is 37.4 Å². The van der Waals surface area contributed by atoms with Crippen LogP contribution in [0.4, 0.5) is 24.5 Å². The van der Waals surface area contributed by atoms with Crippen LogP contribution in [0, 0.1) is 6.92 Å². The SMILES string of the molecule is CCN(C)/C=N\c1cc(C)c(S(=O)(CC)=Nc2cccc(OC(F)(F)F)c2)cc1Cl. The van der Waals surface area contributed by atoms with Crippen LogP contribution in [0.3, 0.4) is 0 Å². The van der Waals surface area contributed by atoms with Crippen LogP contribution in [0.1, 0.15) is 19.4 Å². The van der Waals surface area contributed by atoms with Gasteiger partial charge in [0.1, 0.15) is 5.75 Å². The summed E-state index contributed by atoms with van der Waals surface area (Å²) in [5.41, 5.74) is 1.31. The Balaban J connectivity index is 2.50. The molecule has 0 aliphatic heterocycles. The molecule has 0 aliphatic carbocycles. The third kappa shape index (κ3) is 6.37. The molecule has 0 N–H and O–H groups in total. The van der Waals surface area contributed by atoms with Crippen LogP contribution in [-0.4, -0.2) is 41.2 Å². The molecule has 2 aromatic carbocycles. The van der Waals surface area contributed by atoms with E-state index in [1.54, 1.807) is 32.3 Å². The molecule has 164 valence electrons. The Morgan fingerprint density at radius 1 is 1.23 bits per heavy atom. The van der Waals surface area contributed by atoms with E-state index in [-0.39, 0.29) is 11.4 Å². The van der Waals surface area contributed by atoms with Crippen LogP contribution in [0.2, 0.25) is 5.02 Å². The van der Waals surface area contributed by atoms with Crippen molar-refractivity contribution in [3.05, 3.63) is 47.0 Å². The van der Waals surface area contributed by atoms with E-state index in [1.165, 1.54) is 12.1 Å². The second kappa shape index (κ2) is 9.70. The molecule has 10 heteroatoms. The number of ether oxygens (including phenoxy) is 1. The molecule has 0 aliphatic rings. The highest BCUT2D eigenvalue weighted by Gasteiger charge is 2.31. The van der Waals surface area contributed by atoms with E-state index < -0.39 is 21.8 Å². The summed E-state index contributed by atoms with van der Waals surface area (Å²) in [6, 6.07) is 8.35. The highest BCUT2D eigenvalue weighted by Crippen LogP contribution is 2.34. The maximum absolute atomic E-state index is 13.6. The molecule has 0 amide bonds. The zero-order valence-corrected chi connectivity index (χ0v) is 18.6. The smallest absolute Gasteiger partial charge is 0.406 e. The van der Waals surface area contributed by atoms with Crippen molar-refractivity contribution in [2.75, 3.05) is 19.3 Å². The third-order valence-corrected chi connectivity index (χ3v) is 6.89. The van der Waals surface area contributed by atoms with E-state index in [2.05, 4.69) is 14.1 Å². The molecule has 0 fully saturated rings. The number of aliphatic imine (C=N–C) groups is 1. The van der Waals surface area contributed by atoms with Crippen molar-refractivity contribution in [2.24, 2.45) is 9.36 Å². The van der Waals surface area contributed by atoms with Gasteiger partial charge in [-0.3, -0.25) is 0 Å². The number of aryl methyl sites for hydroxylation is 1. The minimum Gasteiger partial charge on any atom is -0.406 e. The summed E-state index contributed by atoms with van der Waals surface area (Å²) < 4.78 is 59.2. The molecular weight excluding hydrogens is 439 g/mol. The lowest BCUT2D eigenvalue weighted by molar-refractivity contribution is -0.274. The lowest BCUT2D eigenvalue weighted by atomic mass is 10.2. The fraction of sp³-hybridized carbons (Fsp3) is 0.350. The van der Waals surface area contributed by atoms with Crippen LogP contribution in [-0.2, 0) is 9.73 Å². The number of halogens is 4. The lowest BCUT2D eigenvalue weighted by Gasteiger charge is -2.14. The summed E-state index contributed by atoms with van der Waals surface area (Å²) in [6.45, 7) is 6.21. The van der Waals surface area contributed by atoms with Gasteiger partial charge in [-0.25, -0.2) is 9.20 Å². The van der Waals surface area contributed by atoms with Gasteiger partial charge in [-0.2, -0.15) is 4.36 Å². The van der Waals surface area contributed by atoms with Crippen LogP contribution in [0.25, 0.3) is 0 Å². The normalized spacial score (nSPS) is 13.9. The monoisotopic (exact) mass is 461 g/mol. The topological polar surface area (TPSA) is 54.3 Å². The molecule has 30 heavy (non-hydrogen) atoms. The molecule has 0 saturated carbocycles. The zero-order chi connectivity index (χ0) is 22.5. The van der Waals surface area contributed by atoms with E-state index in [0.717, 1.165) is 18.7 Å². The fourth-order valence-corrected chi connectivity index (χ4v) is 4.64. The Morgan fingerprint density at radius 2 is 1.93 bits per heavy atom. The molecule has 2 aromatic rings. The van der Waals surface area contributed by atoms with E-state index in [4.69, 9.17) is 11.6 Å². The standard InChI is InChI=1S/C20H23ClF3N3O2S/c1-5-27(4)13-25-18-10-14(3)19(12-17(18)21)30(28,6-2)26-15-8-7-9-16(11-15)29-20(22,23)24/h7-13H,5-6H2,1-4H3/b25-13-. The molecule has 0 heterocycles. The number of alkyl halides is 3. The Hall–Kier alpha value is -2.26. The van der Waals surface area contributed by atoms with Gasteiger partial charge in [-0.15, -0.1) is 13.2 Å². The number of hydrogen-bond acceptors (Lipinski definition) is 4. The lowest BCUT2D eigenvalue weighted by Crippen LogP contribution is -2.16. The Bertz CT molecular complexity index is 1050. The second-order valence-electron chi connectivity index (χ2n) is 6.45. The molecule has 1 unspecified atom stereocenters. The van der Waals surface area contributed by atoms with Crippen molar-refractivity contribution >= 4 is 39.0 Å². The second-order valence-corrected chi connectivity index (χ2v) is 9.34. The van der Waals surface area contributed by atoms with Crippen LogP contribution < -0.4 is 4.74 Å². The average Bonchev–Trinajstić information content (AvgIpc) is 2.66. The highest BCUT2D eigenvalue weighted by molar-refractivity contribution is 7.93. The minimum absolute atomic E-state index is 0.116. The van der Waals surface area contributed by atoms with Crippen molar-refractivity contribution in [1.82, 2.24) is 4.90 Å². The summed E-state index contributed by atoms with van der Waals surface area (Å²) in [5, 5.41) is 0.307. The van der Waals surface area contributed by atoms with E-state index >= 15 is 0 Å². The fourth-order valence-electron chi connectivity index (χ4n) is 2.51. The number of rotatable bonds is 7. The van der Waals surface area contributed by atoms with Crippen molar-refractivity contribution in [3.8, 4) is 5.75 Å². The van der Waals surface area contributed by atoms with Gasteiger partial charge >= 0.3 is 6.36 Å². The first-order valence-electron chi connectivity index (χ1n) is 9.12. The minimum atomic E-state index is -4.82. The molecule has 2 rings (SSSR count). The molecule has 0 radical (unpaired) electrons. The van der Waals surface area contributed by atoms with Gasteiger partial charge in [0, 0.05) is 25.4 Å². The predicted molar refractivity (Wildman–Crippen MR) is 115 cm³/mol. The van der Waals surface area contributed by atoms with Gasteiger partial charge in [-0.05, 0) is 43.7 Å². The zero-order valence-electron chi connectivity index (χ0n) is 17.0. The summed E-state index contributed by atoms with van der Waals surface area (Å²) in [4.78, 5) is 6.63. The molecule has 1 atom stereocenters. The summed E-state index contributed by atoms with van der Waals surface area (Å²) in [6.07, 6.45) is -3.18. The molecule has 0 aromatic heterocycles. The molecular formula is C20H23ClF3N3O2S. The van der Waals surface area contributed by atoms with E-state index in [0.29, 0.717) is 21.2 Å². The average molecular weight is 462 g/mol. The van der Waals surface area contributed by atoms with Crippen LogP contribution >= 0.6 is 11.6 Å². The first-order chi connectivity index (χ1) is 14.0. The van der Waals surface area contributed by atoms with E-state index in [1.807, 2.05) is 18.9 Å². The first kappa shape index (κ1) is 24.0. The van der Waals surface area contributed by atoms with Crippen LogP contribution in [0.5, 0.6) is 5.75 Å². The van der Waals surface area contributed by atoms with Crippen LogP contribution in [0.15, 0.2) is 50.6 Å². The van der Waals surface area contributed by atoms with Crippen molar-refractivity contribution < 1.29 is 22.1 Å². The van der Waals surface area contributed by atoms with Gasteiger partial charge in [0.2, 0.25) is 0 Å². The number of hydrogen-bond donors (Lipinski definition) is 0. The molecule has 5 nitrogen and oxygen atoms in total. The maximum atomic E-state index is 13.6. The summed E-state index contributed by atoms with van der Waals surface area (Å²) in [7, 11) is -1.11. The van der Waals surface area contributed by atoms with Crippen molar-refractivity contribution in [2.45, 2.75) is 32.0 Å².